The maximum atomic E-state index is 11.7. The summed E-state index contributed by atoms with van der Waals surface area (Å²) in [6.45, 7) is 5.14. The van der Waals surface area contributed by atoms with Crippen molar-refractivity contribution < 1.29 is 9.53 Å². The molecular weight excluding hydrogens is 272 g/mol. The van der Waals surface area contributed by atoms with E-state index < -0.39 is 0 Å². The zero-order chi connectivity index (χ0) is 16.0. The van der Waals surface area contributed by atoms with Gasteiger partial charge in [-0.15, -0.1) is 0 Å². The lowest BCUT2D eigenvalue weighted by atomic mass is 9.84. The molecule has 0 bridgehead atoms. The van der Waals surface area contributed by atoms with E-state index in [-0.39, 0.29) is 11.9 Å². The van der Waals surface area contributed by atoms with Crippen LogP contribution < -0.4 is 0 Å². The van der Waals surface area contributed by atoms with Crippen molar-refractivity contribution in [1.82, 2.24) is 0 Å². The van der Waals surface area contributed by atoms with Crippen molar-refractivity contribution in [3.8, 4) is 0 Å². The highest BCUT2D eigenvalue weighted by atomic mass is 16.5. The minimum atomic E-state index is 0.0647. The van der Waals surface area contributed by atoms with E-state index in [0.717, 1.165) is 12.8 Å². The molecule has 1 fully saturated rings. The van der Waals surface area contributed by atoms with Crippen LogP contribution in [0.1, 0.15) is 104 Å². The maximum Gasteiger partial charge on any atom is 0.309 e. The topological polar surface area (TPSA) is 26.3 Å². The minimum absolute atomic E-state index is 0.0647. The first-order chi connectivity index (χ1) is 10.8. The maximum absolute atomic E-state index is 11.7. The zero-order valence-corrected chi connectivity index (χ0v) is 15.1. The quantitative estimate of drug-likeness (QED) is 0.279. The Balaban J connectivity index is 1.91. The molecule has 0 aromatic rings. The van der Waals surface area contributed by atoms with Gasteiger partial charge in [0.1, 0.15) is 0 Å². The SMILES string of the molecule is CCCCCCCCCCCCCC(CC)C1CCOC1=O. The monoisotopic (exact) mass is 310 g/mol. The summed E-state index contributed by atoms with van der Waals surface area (Å²) in [6, 6.07) is 0. The van der Waals surface area contributed by atoms with Crippen LogP contribution in [0, 0.1) is 11.8 Å². The molecule has 22 heavy (non-hydrogen) atoms. The second kappa shape index (κ2) is 13.0. The second-order valence-corrected chi connectivity index (χ2v) is 7.06. The average Bonchev–Trinajstić information content (AvgIpc) is 2.95. The average molecular weight is 311 g/mol. The van der Waals surface area contributed by atoms with E-state index in [1.807, 2.05) is 0 Å². The first-order valence-corrected chi connectivity index (χ1v) is 9.96. The standard InChI is InChI=1S/C20H38O2/c1-3-5-6-7-8-9-10-11-12-13-14-15-18(4-2)19-16-17-22-20(19)21/h18-19H,3-17H2,1-2H3. The van der Waals surface area contributed by atoms with Gasteiger partial charge < -0.3 is 4.74 Å². The predicted octanol–water partition coefficient (Wildman–Crippen LogP) is 6.28. The van der Waals surface area contributed by atoms with Crippen LogP contribution >= 0.6 is 0 Å². The Hall–Kier alpha value is -0.530. The second-order valence-electron chi connectivity index (χ2n) is 7.06. The van der Waals surface area contributed by atoms with Crippen LogP contribution in [-0.4, -0.2) is 12.6 Å². The number of rotatable bonds is 14. The molecule has 1 heterocycles. The van der Waals surface area contributed by atoms with Gasteiger partial charge in [0.05, 0.1) is 12.5 Å². The smallest absolute Gasteiger partial charge is 0.309 e. The molecule has 0 N–H and O–H groups in total. The third-order valence-electron chi connectivity index (χ3n) is 5.25. The van der Waals surface area contributed by atoms with E-state index in [1.165, 1.54) is 77.0 Å². The summed E-state index contributed by atoms with van der Waals surface area (Å²) in [5.74, 6) is 0.830. The fraction of sp³-hybridized carbons (Fsp3) is 0.950. The van der Waals surface area contributed by atoms with Crippen LogP contribution in [0.2, 0.25) is 0 Å². The Morgan fingerprint density at radius 3 is 1.91 bits per heavy atom. The summed E-state index contributed by atoms with van der Waals surface area (Å²) in [7, 11) is 0. The van der Waals surface area contributed by atoms with Crippen LogP contribution in [0.4, 0.5) is 0 Å². The number of unbranched alkanes of at least 4 members (excludes halogenated alkanes) is 10. The Kier molecular flexibility index (Phi) is 11.5. The van der Waals surface area contributed by atoms with Crippen molar-refractivity contribution in [2.45, 2.75) is 104 Å². The van der Waals surface area contributed by atoms with Crippen molar-refractivity contribution in [3.63, 3.8) is 0 Å². The highest BCUT2D eigenvalue weighted by molar-refractivity contribution is 5.74. The van der Waals surface area contributed by atoms with E-state index >= 15 is 0 Å². The number of carbonyl (C=O) groups is 1. The van der Waals surface area contributed by atoms with Gasteiger partial charge in [0.2, 0.25) is 0 Å². The molecule has 0 saturated carbocycles. The van der Waals surface area contributed by atoms with Gasteiger partial charge in [-0.2, -0.15) is 0 Å². The summed E-state index contributed by atoms with van der Waals surface area (Å²) in [4.78, 5) is 11.7. The van der Waals surface area contributed by atoms with Crippen molar-refractivity contribution in [2.75, 3.05) is 6.61 Å². The molecule has 0 spiro atoms. The van der Waals surface area contributed by atoms with Gasteiger partial charge in [-0.25, -0.2) is 0 Å². The first kappa shape index (κ1) is 19.5. The summed E-state index contributed by atoms with van der Waals surface area (Å²) in [6.07, 6.45) is 18.6. The molecule has 0 radical (unpaired) electrons. The molecule has 1 rings (SSSR count). The Bertz CT molecular complexity index is 275. The van der Waals surface area contributed by atoms with E-state index in [0.29, 0.717) is 12.5 Å². The van der Waals surface area contributed by atoms with Crippen molar-refractivity contribution in [1.29, 1.82) is 0 Å². The lowest BCUT2D eigenvalue weighted by Gasteiger charge is -2.18. The number of hydrogen-bond donors (Lipinski definition) is 0. The van der Waals surface area contributed by atoms with Crippen LogP contribution in [0.5, 0.6) is 0 Å². The largest absolute Gasteiger partial charge is 0.465 e. The van der Waals surface area contributed by atoms with Crippen molar-refractivity contribution in [2.24, 2.45) is 11.8 Å². The van der Waals surface area contributed by atoms with E-state index in [1.54, 1.807) is 0 Å². The van der Waals surface area contributed by atoms with Crippen LogP contribution in [0.25, 0.3) is 0 Å². The molecule has 2 atom stereocenters. The summed E-state index contributed by atoms with van der Waals surface area (Å²) in [5, 5.41) is 0. The fourth-order valence-corrected chi connectivity index (χ4v) is 3.70. The van der Waals surface area contributed by atoms with E-state index in [2.05, 4.69) is 13.8 Å². The summed E-state index contributed by atoms with van der Waals surface area (Å²) in [5.41, 5.74) is 0. The number of carbonyl (C=O) groups excluding carboxylic acids is 1. The molecule has 2 heteroatoms. The van der Waals surface area contributed by atoms with Crippen molar-refractivity contribution in [3.05, 3.63) is 0 Å². The third-order valence-corrected chi connectivity index (χ3v) is 5.25. The fourth-order valence-electron chi connectivity index (χ4n) is 3.70. The zero-order valence-electron chi connectivity index (χ0n) is 15.1. The van der Waals surface area contributed by atoms with Crippen LogP contribution in [0.15, 0.2) is 0 Å². The van der Waals surface area contributed by atoms with Crippen molar-refractivity contribution >= 4 is 5.97 Å². The number of cyclic esters (lactones) is 1. The first-order valence-electron chi connectivity index (χ1n) is 9.96. The molecule has 2 unspecified atom stereocenters. The molecular formula is C20H38O2. The molecule has 1 aliphatic heterocycles. The molecule has 130 valence electrons. The number of ether oxygens (including phenoxy) is 1. The molecule has 1 saturated heterocycles. The third kappa shape index (κ3) is 8.19. The highest BCUT2D eigenvalue weighted by Gasteiger charge is 2.32. The van der Waals surface area contributed by atoms with Gasteiger partial charge >= 0.3 is 5.97 Å². The van der Waals surface area contributed by atoms with Gasteiger partial charge in [-0.1, -0.05) is 90.9 Å². The molecule has 0 aromatic heterocycles. The van der Waals surface area contributed by atoms with Gasteiger partial charge in [0, 0.05) is 0 Å². The predicted molar refractivity (Wildman–Crippen MR) is 93.9 cm³/mol. The van der Waals surface area contributed by atoms with Gasteiger partial charge in [-0.3, -0.25) is 4.79 Å². The lowest BCUT2D eigenvalue weighted by molar-refractivity contribution is -0.142. The molecule has 0 aliphatic carbocycles. The van der Waals surface area contributed by atoms with Gasteiger partial charge in [0.15, 0.2) is 0 Å². The molecule has 0 amide bonds. The molecule has 1 aliphatic rings. The van der Waals surface area contributed by atoms with Gasteiger partial charge in [-0.05, 0) is 18.8 Å². The Labute approximate surface area is 138 Å². The van der Waals surface area contributed by atoms with Gasteiger partial charge in [0.25, 0.3) is 0 Å². The molecule has 2 nitrogen and oxygen atoms in total. The minimum Gasteiger partial charge on any atom is -0.465 e. The normalized spacial score (nSPS) is 19.4. The van der Waals surface area contributed by atoms with E-state index in [4.69, 9.17) is 4.74 Å². The highest BCUT2D eigenvalue weighted by Crippen LogP contribution is 2.30. The number of hydrogen-bond acceptors (Lipinski definition) is 2. The summed E-state index contributed by atoms with van der Waals surface area (Å²) >= 11 is 0. The van der Waals surface area contributed by atoms with E-state index in [9.17, 15) is 4.79 Å². The Morgan fingerprint density at radius 2 is 1.45 bits per heavy atom. The Morgan fingerprint density at radius 1 is 0.909 bits per heavy atom. The summed E-state index contributed by atoms with van der Waals surface area (Å²) < 4.78 is 5.12. The van der Waals surface area contributed by atoms with Crippen LogP contribution in [-0.2, 0) is 9.53 Å². The molecule has 0 aromatic carbocycles. The van der Waals surface area contributed by atoms with Crippen LogP contribution in [0.3, 0.4) is 0 Å². The lowest BCUT2D eigenvalue weighted by Crippen LogP contribution is -2.18. The number of esters is 1.